The fourth-order valence-electron chi connectivity index (χ4n) is 4.09. The van der Waals surface area contributed by atoms with E-state index in [0.717, 1.165) is 22.3 Å². The summed E-state index contributed by atoms with van der Waals surface area (Å²) in [6.45, 7) is -0.482. The molecule has 7 heteroatoms. The third-order valence-corrected chi connectivity index (χ3v) is 5.78. The van der Waals surface area contributed by atoms with E-state index < -0.39 is 24.9 Å². The number of hydrogen-bond acceptors (Lipinski definition) is 6. The van der Waals surface area contributed by atoms with E-state index in [4.69, 9.17) is 4.74 Å². The zero-order valence-corrected chi connectivity index (χ0v) is 17.3. The molecule has 0 radical (unpaired) electrons. The normalized spacial score (nSPS) is 14.3. The van der Waals surface area contributed by atoms with Crippen LogP contribution >= 0.6 is 0 Å². The predicted octanol–water partition coefficient (Wildman–Crippen LogP) is 2.82. The van der Waals surface area contributed by atoms with E-state index in [1.54, 1.807) is 0 Å². The fourth-order valence-corrected chi connectivity index (χ4v) is 4.09. The van der Waals surface area contributed by atoms with Crippen LogP contribution in [0.3, 0.4) is 0 Å². The summed E-state index contributed by atoms with van der Waals surface area (Å²) in [4.78, 5) is 12.2. The van der Waals surface area contributed by atoms with Gasteiger partial charge in [0.2, 0.25) is 0 Å². The van der Waals surface area contributed by atoms with Gasteiger partial charge in [0.1, 0.15) is 24.6 Å². The van der Waals surface area contributed by atoms with Gasteiger partial charge in [-0.25, -0.2) is 4.79 Å². The van der Waals surface area contributed by atoms with Gasteiger partial charge in [-0.05, 0) is 39.9 Å². The highest BCUT2D eigenvalue weighted by Gasteiger charge is 2.29. The Kier molecular flexibility index (Phi) is 6.41. The molecule has 4 rings (SSSR count). The van der Waals surface area contributed by atoms with Gasteiger partial charge in [-0.2, -0.15) is 0 Å². The number of fused-ring (bicyclic) bond motifs is 3. The molecule has 0 aromatic heterocycles. The Hall–Kier alpha value is -3.39. The smallest absolute Gasteiger partial charge is 0.407 e. The molecule has 5 N–H and O–H groups in total. The number of alkyl carbamates (subject to hydrolysis) is 1. The summed E-state index contributed by atoms with van der Waals surface area (Å²) < 4.78 is 5.42. The summed E-state index contributed by atoms with van der Waals surface area (Å²) in [6.07, 6.45) is -3.30. The minimum Gasteiger partial charge on any atom is -0.508 e. The molecule has 0 heterocycles. The van der Waals surface area contributed by atoms with E-state index >= 15 is 0 Å². The third-order valence-electron chi connectivity index (χ3n) is 5.78. The molecule has 166 valence electrons. The standard InChI is InChI=1S/C25H25NO6/c27-13-16-11-15(9-10-22(16)28)24(30)23(29)12-26-25(31)32-14-21-19-7-3-1-5-17(19)18-6-2-4-8-20(18)21/h1-11,21,23-24,27-30H,12-14H2,(H,26,31). The maximum absolute atomic E-state index is 12.2. The van der Waals surface area contributed by atoms with Gasteiger partial charge in [0, 0.05) is 18.0 Å². The molecule has 3 aromatic rings. The number of carbonyl (C=O) groups is 1. The van der Waals surface area contributed by atoms with Crippen molar-refractivity contribution in [2.75, 3.05) is 13.2 Å². The number of phenols is 1. The number of carbonyl (C=O) groups excluding carboxylic acids is 1. The molecule has 2 atom stereocenters. The Morgan fingerprint density at radius 2 is 1.59 bits per heavy atom. The van der Waals surface area contributed by atoms with Crippen molar-refractivity contribution in [3.63, 3.8) is 0 Å². The fraction of sp³-hybridized carbons (Fsp3) is 0.240. The number of ether oxygens (including phenoxy) is 1. The second-order valence-corrected chi connectivity index (χ2v) is 7.76. The van der Waals surface area contributed by atoms with Crippen LogP contribution in [0.4, 0.5) is 4.79 Å². The number of hydrogen-bond donors (Lipinski definition) is 5. The topological polar surface area (TPSA) is 119 Å². The number of nitrogens with one attached hydrogen (secondary N) is 1. The molecule has 3 aromatic carbocycles. The summed E-state index contributed by atoms with van der Waals surface area (Å²) in [5, 5.41) is 41.9. The van der Waals surface area contributed by atoms with Crippen LogP contribution in [0.2, 0.25) is 0 Å². The van der Waals surface area contributed by atoms with Crippen molar-refractivity contribution < 1.29 is 30.0 Å². The van der Waals surface area contributed by atoms with Crippen LogP contribution < -0.4 is 5.32 Å². The molecule has 7 nitrogen and oxygen atoms in total. The molecule has 2 unspecified atom stereocenters. The van der Waals surface area contributed by atoms with Gasteiger partial charge in [-0.1, -0.05) is 54.6 Å². The largest absolute Gasteiger partial charge is 0.508 e. The van der Waals surface area contributed by atoms with Gasteiger partial charge in [-0.3, -0.25) is 0 Å². The first-order valence-corrected chi connectivity index (χ1v) is 10.4. The minimum atomic E-state index is -1.31. The van der Waals surface area contributed by atoms with E-state index in [1.807, 2.05) is 36.4 Å². The molecule has 0 saturated heterocycles. The Morgan fingerprint density at radius 1 is 0.969 bits per heavy atom. The highest BCUT2D eigenvalue weighted by molar-refractivity contribution is 5.79. The molecule has 1 amide bonds. The van der Waals surface area contributed by atoms with Crippen LogP contribution in [-0.2, 0) is 11.3 Å². The van der Waals surface area contributed by atoms with Crippen molar-refractivity contribution in [1.29, 1.82) is 0 Å². The Labute approximate surface area is 185 Å². The van der Waals surface area contributed by atoms with Crippen LogP contribution in [0.15, 0.2) is 66.7 Å². The zero-order valence-electron chi connectivity index (χ0n) is 17.3. The lowest BCUT2D eigenvalue weighted by Gasteiger charge is -2.20. The first kappa shape index (κ1) is 21.8. The van der Waals surface area contributed by atoms with Gasteiger partial charge in [0.25, 0.3) is 0 Å². The summed E-state index contributed by atoms with van der Waals surface area (Å²) in [5.74, 6) is -0.174. The average Bonchev–Trinajstić information content (AvgIpc) is 3.14. The number of benzene rings is 3. The van der Waals surface area contributed by atoms with E-state index in [1.165, 1.54) is 18.2 Å². The number of aromatic hydroxyl groups is 1. The van der Waals surface area contributed by atoms with Crippen LogP contribution in [0, 0.1) is 0 Å². The van der Waals surface area contributed by atoms with Gasteiger partial charge >= 0.3 is 6.09 Å². The molecule has 0 fully saturated rings. The van der Waals surface area contributed by atoms with E-state index in [0.29, 0.717) is 5.56 Å². The number of aliphatic hydroxyl groups is 3. The SMILES string of the molecule is O=C(NCC(O)C(O)c1ccc(O)c(CO)c1)OCC1c2ccccc2-c2ccccc21. The van der Waals surface area contributed by atoms with Crippen molar-refractivity contribution >= 4 is 6.09 Å². The third kappa shape index (κ3) is 4.31. The van der Waals surface area contributed by atoms with Crippen molar-refractivity contribution in [3.8, 4) is 16.9 Å². The molecule has 32 heavy (non-hydrogen) atoms. The molecule has 0 spiro atoms. The van der Waals surface area contributed by atoms with Crippen LogP contribution in [-0.4, -0.2) is 45.8 Å². The van der Waals surface area contributed by atoms with Gasteiger partial charge in [0.15, 0.2) is 0 Å². The maximum Gasteiger partial charge on any atom is 0.407 e. The molecule has 0 bridgehead atoms. The summed E-state index contributed by atoms with van der Waals surface area (Å²) in [6, 6.07) is 20.2. The lowest BCUT2D eigenvalue weighted by atomic mass is 9.98. The highest BCUT2D eigenvalue weighted by atomic mass is 16.5. The Bertz CT molecular complexity index is 1070. The maximum atomic E-state index is 12.2. The van der Waals surface area contributed by atoms with Crippen molar-refractivity contribution in [1.82, 2.24) is 5.32 Å². The van der Waals surface area contributed by atoms with Gasteiger partial charge in [0.05, 0.1) is 6.61 Å². The van der Waals surface area contributed by atoms with Crippen LogP contribution in [0.1, 0.15) is 34.3 Å². The van der Waals surface area contributed by atoms with Crippen molar-refractivity contribution in [2.24, 2.45) is 0 Å². The summed E-state index contributed by atoms with van der Waals surface area (Å²) in [5.41, 5.74) is 5.01. The monoisotopic (exact) mass is 435 g/mol. The lowest BCUT2D eigenvalue weighted by molar-refractivity contribution is 0.0184. The van der Waals surface area contributed by atoms with E-state index in [-0.39, 0.29) is 30.4 Å². The van der Waals surface area contributed by atoms with Crippen molar-refractivity contribution in [2.45, 2.75) is 24.7 Å². The van der Waals surface area contributed by atoms with Crippen LogP contribution in [0.5, 0.6) is 5.75 Å². The van der Waals surface area contributed by atoms with Crippen LogP contribution in [0.25, 0.3) is 11.1 Å². The second-order valence-electron chi connectivity index (χ2n) is 7.76. The molecule has 0 saturated carbocycles. The quantitative estimate of drug-likeness (QED) is 0.389. The summed E-state index contributed by atoms with van der Waals surface area (Å²) >= 11 is 0. The van der Waals surface area contributed by atoms with Gasteiger partial charge in [-0.15, -0.1) is 0 Å². The molecule has 1 aliphatic rings. The second kappa shape index (κ2) is 9.40. The Morgan fingerprint density at radius 3 is 2.22 bits per heavy atom. The number of aliphatic hydroxyl groups excluding tert-OH is 3. The molecular formula is C25H25NO6. The average molecular weight is 435 g/mol. The summed E-state index contributed by atoms with van der Waals surface area (Å²) in [7, 11) is 0. The van der Waals surface area contributed by atoms with E-state index in [9.17, 15) is 25.2 Å². The first-order valence-electron chi connectivity index (χ1n) is 10.4. The van der Waals surface area contributed by atoms with E-state index in [2.05, 4.69) is 17.4 Å². The molecule has 1 aliphatic carbocycles. The minimum absolute atomic E-state index is 0.0717. The lowest BCUT2D eigenvalue weighted by Crippen LogP contribution is -2.36. The van der Waals surface area contributed by atoms with Gasteiger partial charge < -0.3 is 30.5 Å². The first-order chi connectivity index (χ1) is 15.5. The number of rotatable bonds is 7. The molecular weight excluding hydrogens is 410 g/mol. The Balaban J connectivity index is 1.34. The number of amides is 1. The highest BCUT2D eigenvalue weighted by Crippen LogP contribution is 2.44. The van der Waals surface area contributed by atoms with Crippen molar-refractivity contribution in [3.05, 3.63) is 89.0 Å². The molecule has 0 aliphatic heterocycles. The zero-order chi connectivity index (χ0) is 22.7. The predicted molar refractivity (Wildman–Crippen MR) is 118 cm³/mol.